The second-order valence-electron chi connectivity index (χ2n) is 18.4. The maximum Gasteiger partial charge on any atom is 0.362 e. The number of allylic oxidation sites excluding steroid dienone is 8. The zero-order valence-electron chi connectivity index (χ0n) is 41.1. The van der Waals surface area contributed by atoms with Gasteiger partial charge in [-0.1, -0.05) is 204 Å². The molecule has 0 fully saturated rings. The second-order valence-corrected chi connectivity index (χ2v) is 18.4. The minimum atomic E-state index is -0.876. The van der Waals surface area contributed by atoms with Crippen LogP contribution in [0.15, 0.2) is 48.6 Å². The zero-order chi connectivity index (χ0) is 45.6. The molecule has 2 unspecified atom stereocenters. The van der Waals surface area contributed by atoms with Gasteiger partial charge >= 0.3 is 17.9 Å². The first-order valence-corrected chi connectivity index (χ1v) is 25.7. The summed E-state index contributed by atoms with van der Waals surface area (Å²) in [7, 11) is 5.53. The first-order valence-electron chi connectivity index (χ1n) is 25.7. The number of esters is 2. The van der Waals surface area contributed by atoms with Crippen molar-refractivity contribution in [2.45, 2.75) is 238 Å². The van der Waals surface area contributed by atoms with Crippen molar-refractivity contribution in [2.75, 3.05) is 41.0 Å². The molecule has 0 aliphatic carbocycles. The predicted octanol–water partition coefficient (Wildman–Crippen LogP) is 14.8. The van der Waals surface area contributed by atoms with Crippen LogP contribution >= 0.6 is 0 Å². The van der Waals surface area contributed by atoms with Crippen LogP contribution in [-0.2, 0) is 28.6 Å². The smallest absolute Gasteiger partial charge is 0.362 e. The number of hydrogen-bond donors (Lipinski definition) is 1. The maximum atomic E-state index is 12.8. The molecule has 0 saturated carbocycles. The SMILES string of the molecule is CC/C=C/C/C=C/C/C=C/C/C=C/CCCCCCCCCC(=O)OC(COCCC(C(=O)O)[N+](C)(C)C)COC(=O)CCCCCCCCCCCCCCCCCCCC. The van der Waals surface area contributed by atoms with E-state index in [0.717, 1.165) is 70.6 Å². The van der Waals surface area contributed by atoms with Gasteiger partial charge in [0, 0.05) is 19.3 Å². The zero-order valence-corrected chi connectivity index (χ0v) is 41.1. The van der Waals surface area contributed by atoms with Crippen molar-refractivity contribution >= 4 is 17.9 Å². The Morgan fingerprint density at radius 1 is 0.500 bits per heavy atom. The van der Waals surface area contributed by atoms with Gasteiger partial charge in [-0.05, 0) is 51.4 Å². The molecule has 0 aromatic rings. The van der Waals surface area contributed by atoms with E-state index in [-0.39, 0.29) is 36.2 Å². The fourth-order valence-electron chi connectivity index (χ4n) is 7.55. The van der Waals surface area contributed by atoms with Crippen LogP contribution in [0.25, 0.3) is 0 Å². The third-order valence-electron chi connectivity index (χ3n) is 11.5. The normalized spacial score (nSPS) is 13.2. The number of carbonyl (C=O) groups excluding carboxylic acids is 2. The summed E-state index contributed by atoms with van der Waals surface area (Å²) < 4.78 is 17.4. The van der Waals surface area contributed by atoms with Crippen LogP contribution in [0.5, 0.6) is 0 Å². The van der Waals surface area contributed by atoms with Crippen LogP contribution in [0.1, 0.15) is 226 Å². The van der Waals surface area contributed by atoms with Gasteiger partial charge in [0.1, 0.15) is 6.61 Å². The minimum Gasteiger partial charge on any atom is -0.477 e. The van der Waals surface area contributed by atoms with Crippen LogP contribution in [0, 0.1) is 0 Å². The second kappa shape index (κ2) is 44.9. The molecule has 0 amide bonds. The molecule has 8 nitrogen and oxygen atoms in total. The molecule has 0 aliphatic heterocycles. The van der Waals surface area contributed by atoms with Crippen LogP contribution in [0.2, 0.25) is 0 Å². The number of rotatable bonds is 46. The summed E-state index contributed by atoms with van der Waals surface area (Å²) in [5.41, 5.74) is 0. The maximum absolute atomic E-state index is 12.8. The van der Waals surface area contributed by atoms with E-state index >= 15 is 0 Å². The lowest BCUT2D eigenvalue weighted by Gasteiger charge is -2.31. The van der Waals surface area contributed by atoms with Crippen LogP contribution < -0.4 is 0 Å². The molecule has 8 heteroatoms. The van der Waals surface area contributed by atoms with Crippen LogP contribution in [0.4, 0.5) is 0 Å². The van der Waals surface area contributed by atoms with E-state index in [0.29, 0.717) is 19.3 Å². The van der Waals surface area contributed by atoms with E-state index in [4.69, 9.17) is 14.2 Å². The molecule has 0 saturated heterocycles. The Morgan fingerprint density at radius 3 is 1.34 bits per heavy atom. The Labute approximate surface area is 382 Å². The number of hydrogen-bond acceptors (Lipinski definition) is 6. The summed E-state index contributed by atoms with van der Waals surface area (Å²) in [6.07, 6.45) is 54.4. The van der Waals surface area contributed by atoms with E-state index in [1.807, 2.05) is 21.1 Å². The van der Waals surface area contributed by atoms with Crippen molar-refractivity contribution in [1.82, 2.24) is 0 Å². The summed E-state index contributed by atoms with van der Waals surface area (Å²) >= 11 is 0. The molecular weight excluding hydrogens is 775 g/mol. The lowest BCUT2D eigenvalue weighted by Crippen LogP contribution is -2.50. The molecule has 0 spiro atoms. The third-order valence-corrected chi connectivity index (χ3v) is 11.5. The van der Waals surface area contributed by atoms with E-state index in [1.165, 1.54) is 122 Å². The molecular formula is C54H98NO7+. The highest BCUT2D eigenvalue weighted by molar-refractivity contribution is 5.72. The Bertz CT molecular complexity index is 1150. The number of aliphatic carboxylic acids is 1. The quantitative estimate of drug-likeness (QED) is 0.0281. The van der Waals surface area contributed by atoms with E-state index in [2.05, 4.69) is 62.5 Å². The summed E-state index contributed by atoms with van der Waals surface area (Å²) in [6, 6.07) is -0.617. The number of quaternary nitrogens is 1. The predicted molar refractivity (Wildman–Crippen MR) is 261 cm³/mol. The summed E-state index contributed by atoms with van der Waals surface area (Å²) in [6.45, 7) is 4.64. The first kappa shape index (κ1) is 59.3. The van der Waals surface area contributed by atoms with Crippen molar-refractivity contribution in [3.8, 4) is 0 Å². The van der Waals surface area contributed by atoms with E-state index in [1.54, 1.807) is 0 Å². The fourth-order valence-corrected chi connectivity index (χ4v) is 7.55. The van der Waals surface area contributed by atoms with Gasteiger partial charge in [0.05, 0.1) is 34.4 Å². The van der Waals surface area contributed by atoms with E-state index in [9.17, 15) is 19.5 Å². The lowest BCUT2D eigenvalue weighted by molar-refractivity contribution is -0.887. The molecule has 1 N–H and O–H groups in total. The third kappa shape index (κ3) is 42.6. The highest BCUT2D eigenvalue weighted by Crippen LogP contribution is 2.16. The summed E-state index contributed by atoms with van der Waals surface area (Å²) in [5, 5.41) is 9.65. The summed E-state index contributed by atoms with van der Waals surface area (Å²) in [4.78, 5) is 37.2. The van der Waals surface area contributed by atoms with Gasteiger partial charge in [-0.2, -0.15) is 0 Å². The highest BCUT2D eigenvalue weighted by Gasteiger charge is 2.31. The van der Waals surface area contributed by atoms with Gasteiger partial charge in [0.2, 0.25) is 0 Å². The lowest BCUT2D eigenvalue weighted by atomic mass is 10.0. The number of carboxylic acids is 1. The van der Waals surface area contributed by atoms with Gasteiger partial charge in [-0.25, -0.2) is 4.79 Å². The molecule has 0 rings (SSSR count). The minimum absolute atomic E-state index is 0.0533. The monoisotopic (exact) mass is 873 g/mol. The van der Waals surface area contributed by atoms with Crippen LogP contribution in [0.3, 0.4) is 0 Å². The van der Waals surface area contributed by atoms with Crippen molar-refractivity contribution in [1.29, 1.82) is 0 Å². The Hall–Kier alpha value is -2.71. The molecule has 0 aromatic heterocycles. The number of likely N-dealkylation sites (N-methyl/N-ethyl adjacent to an activating group) is 1. The Morgan fingerprint density at radius 2 is 0.903 bits per heavy atom. The van der Waals surface area contributed by atoms with Gasteiger partial charge in [0.25, 0.3) is 0 Å². The Balaban J connectivity index is 4.25. The van der Waals surface area contributed by atoms with Crippen molar-refractivity contribution in [3.05, 3.63) is 48.6 Å². The van der Waals surface area contributed by atoms with Crippen LogP contribution in [-0.4, -0.2) is 80.6 Å². The molecule has 0 aliphatic rings. The number of nitrogens with zero attached hydrogens (tertiary/aromatic N) is 1. The largest absolute Gasteiger partial charge is 0.477 e. The van der Waals surface area contributed by atoms with Crippen molar-refractivity contribution in [2.24, 2.45) is 0 Å². The molecule has 0 aromatic carbocycles. The number of ether oxygens (including phenoxy) is 3. The standard InChI is InChI=1S/C54H97NO7/c1-6-8-10-12-14-16-18-20-22-24-26-27-29-31-33-35-37-39-41-43-45-53(57)62-50(48-60-47-46-51(54(58)59)55(3,4)5)49-61-52(56)44-42-40-38-36-34-32-30-28-25-23-21-19-17-15-13-11-9-7-2/h8,10,14,16,20,22,26-27,50-51H,6-7,9,11-13,15,17-19,21,23-25,28-49H2,1-5H3/p+1/b10-8+,16-14+,22-20+,27-26+. The average molecular weight is 873 g/mol. The highest BCUT2D eigenvalue weighted by atomic mass is 16.6. The first-order chi connectivity index (χ1) is 30.1. The summed E-state index contributed by atoms with van der Waals surface area (Å²) in [5.74, 6) is -1.47. The van der Waals surface area contributed by atoms with Crippen molar-refractivity contribution < 1.29 is 38.2 Å². The number of unbranched alkanes of at least 4 members (excludes halogenated alkanes) is 24. The molecule has 62 heavy (non-hydrogen) atoms. The number of carbonyl (C=O) groups is 3. The fraction of sp³-hybridized carbons (Fsp3) is 0.796. The van der Waals surface area contributed by atoms with Gasteiger partial charge in [0.15, 0.2) is 12.1 Å². The molecule has 0 radical (unpaired) electrons. The van der Waals surface area contributed by atoms with Gasteiger partial charge < -0.3 is 23.8 Å². The molecule has 360 valence electrons. The Kier molecular flexibility index (Phi) is 42.9. The number of carboxylic acid groups (broad SMARTS) is 1. The molecule has 2 atom stereocenters. The van der Waals surface area contributed by atoms with E-state index < -0.39 is 18.1 Å². The van der Waals surface area contributed by atoms with Gasteiger partial charge in [-0.15, -0.1) is 0 Å². The molecule has 0 bridgehead atoms. The average Bonchev–Trinajstić information content (AvgIpc) is 3.23. The topological polar surface area (TPSA) is 99.1 Å². The van der Waals surface area contributed by atoms with Gasteiger partial charge in [-0.3, -0.25) is 9.59 Å². The van der Waals surface area contributed by atoms with Crippen molar-refractivity contribution in [3.63, 3.8) is 0 Å². The molecule has 0 heterocycles.